The van der Waals surface area contributed by atoms with Crippen molar-refractivity contribution in [3.8, 4) is 5.75 Å². The molecule has 1 unspecified atom stereocenters. The number of hydrogen-bond donors (Lipinski definition) is 1. The van der Waals surface area contributed by atoms with Crippen LogP contribution in [0.5, 0.6) is 5.75 Å². The van der Waals surface area contributed by atoms with E-state index in [-0.39, 0.29) is 6.61 Å². The largest absolute Gasteiger partial charge is 0.493 e. The quantitative estimate of drug-likeness (QED) is 0.749. The molecule has 1 rings (SSSR count). The van der Waals surface area contributed by atoms with E-state index in [1.54, 1.807) is 0 Å². The highest BCUT2D eigenvalue weighted by molar-refractivity contribution is 5.36. The van der Waals surface area contributed by atoms with Gasteiger partial charge in [-0.1, -0.05) is 39.0 Å². The summed E-state index contributed by atoms with van der Waals surface area (Å²) in [5.74, 6) is 2.05. The lowest BCUT2D eigenvalue weighted by Gasteiger charge is -2.19. The molecule has 0 bridgehead atoms. The van der Waals surface area contributed by atoms with Gasteiger partial charge in [-0.3, -0.25) is 0 Å². The molecule has 1 atom stereocenters. The molecule has 0 aliphatic rings. The zero-order valence-corrected chi connectivity index (χ0v) is 10.4. The van der Waals surface area contributed by atoms with E-state index in [9.17, 15) is 0 Å². The molecular formula is C14H22O2. The van der Waals surface area contributed by atoms with Gasteiger partial charge in [-0.15, -0.1) is 0 Å². The molecule has 0 saturated carbocycles. The fraction of sp³-hybridized carbons (Fsp3) is 0.571. The highest BCUT2D eigenvalue weighted by Crippen LogP contribution is 2.31. The minimum Gasteiger partial charge on any atom is -0.493 e. The molecular weight excluding hydrogens is 200 g/mol. The van der Waals surface area contributed by atoms with Gasteiger partial charge in [0.2, 0.25) is 0 Å². The Kier molecular flexibility index (Phi) is 5.33. The van der Waals surface area contributed by atoms with Gasteiger partial charge in [0.25, 0.3) is 0 Å². The number of aliphatic hydroxyl groups is 1. The van der Waals surface area contributed by atoms with Crippen molar-refractivity contribution in [1.82, 2.24) is 0 Å². The van der Waals surface area contributed by atoms with Crippen LogP contribution in [0.15, 0.2) is 24.3 Å². The van der Waals surface area contributed by atoms with E-state index in [2.05, 4.69) is 26.8 Å². The van der Waals surface area contributed by atoms with Crippen LogP contribution in [0.3, 0.4) is 0 Å². The van der Waals surface area contributed by atoms with E-state index in [0.717, 1.165) is 5.75 Å². The smallest absolute Gasteiger partial charge is 0.122 e. The summed E-state index contributed by atoms with van der Waals surface area (Å²) in [4.78, 5) is 0. The summed E-state index contributed by atoms with van der Waals surface area (Å²) in [6.45, 7) is 7.42. The Morgan fingerprint density at radius 2 is 1.88 bits per heavy atom. The second-order valence-electron chi connectivity index (χ2n) is 4.50. The number of aliphatic hydroxyl groups excluding tert-OH is 1. The van der Waals surface area contributed by atoms with Crippen molar-refractivity contribution in [3.63, 3.8) is 0 Å². The predicted octanol–water partition coefficient (Wildman–Crippen LogP) is 3.21. The van der Waals surface area contributed by atoms with Crippen molar-refractivity contribution in [2.24, 2.45) is 5.92 Å². The van der Waals surface area contributed by atoms with E-state index in [1.807, 2.05) is 18.2 Å². The first kappa shape index (κ1) is 13.0. The Morgan fingerprint density at radius 1 is 1.19 bits per heavy atom. The zero-order chi connectivity index (χ0) is 12.0. The zero-order valence-electron chi connectivity index (χ0n) is 10.4. The van der Waals surface area contributed by atoms with Crippen molar-refractivity contribution in [2.75, 3.05) is 13.2 Å². The van der Waals surface area contributed by atoms with E-state index in [0.29, 0.717) is 24.9 Å². The van der Waals surface area contributed by atoms with Crippen LogP contribution >= 0.6 is 0 Å². The number of hydrogen-bond acceptors (Lipinski definition) is 2. The summed E-state index contributed by atoms with van der Waals surface area (Å²) in [6, 6.07) is 8.17. The highest BCUT2D eigenvalue weighted by atomic mass is 16.5. The molecule has 0 aromatic heterocycles. The van der Waals surface area contributed by atoms with Crippen molar-refractivity contribution >= 4 is 0 Å². The standard InChI is InChI=1S/C14H22O2/c1-11(2)12(3)13-7-4-5-8-14(13)16-10-6-9-15/h4-5,7-8,11-12,15H,6,9-10H2,1-3H3. The fourth-order valence-electron chi connectivity index (χ4n) is 1.59. The third kappa shape index (κ3) is 3.53. The normalized spacial score (nSPS) is 12.8. The molecule has 2 heteroatoms. The molecule has 90 valence electrons. The summed E-state index contributed by atoms with van der Waals surface area (Å²) < 4.78 is 5.69. The maximum atomic E-state index is 8.73. The molecule has 1 N–H and O–H groups in total. The van der Waals surface area contributed by atoms with Crippen molar-refractivity contribution in [1.29, 1.82) is 0 Å². The Balaban J connectivity index is 2.75. The third-order valence-electron chi connectivity index (χ3n) is 2.97. The Hall–Kier alpha value is -1.02. The maximum Gasteiger partial charge on any atom is 0.122 e. The molecule has 0 saturated heterocycles. The van der Waals surface area contributed by atoms with Crippen LogP contribution in [-0.2, 0) is 0 Å². The molecule has 0 spiro atoms. The maximum absolute atomic E-state index is 8.73. The highest BCUT2D eigenvalue weighted by Gasteiger charge is 2.14. The number of benzene rings is 1. The van der Waals surface area contributed by atoms with Crippen LogP contribution in [0.25, 0.3) is 0 Å². The number of ether oxygens (including phenoxy) is 1. The first-order valence-corrected chi connectivity index (χ1v) is 5.99. The molecule has 0 aliphatic heterocycles. The second kappa shape index (κ2) is 6.54. The summed E-state index contributed by atoms with van der Waals surface area (Å²) in [7, 11) is 0. The van der Waals surface area contributed by atoms with Gasteiger partial charge < -0.3 is 9.84 Å². The average Bonchev–Trinajstić information content (AvgIpc) is 2.29. The van der Waals surface area contributed by atoms with Crippen LogP contribution in [0.1, 0.15) is 38.7 Å². The lowest BCUT2D eigenvalue weighted by atomic mass is 9.90. The topological polar surface area (TPSA) is 29.5 Å². The Morgan fingerprint density at radius 3 is 2.50 bits per heavy atom. The summed E-state index contributed by atoms with van der Waals surface area (Å²) in [5, 5.41) is 8.73. The van der Waals surface area contributed by atoms with Crippen LogP contribution in [0, 0.1) is 5.92 Å². The van der Waals surface area contributed by atoms with Gasteiger partial charge in [0, 0.05) is 13.0 Å². The van der Waals surface area contributed by atoms with Crippen LogP contribution in [0.2, 0.25) is 0 Å². The van der Waals surface area contributed by atoms with E-state index >= 15 is 0 Å². The number of rotatable bonds is 6. The molecule has 0 heterocycles. The first-order chi connectivity index (χ1) is 7.66. The van der Waals surface area contributed by atoms with Gasteiger partial charge in [-0.25, -0.2) is 0 Å². The molecule has 0 radical (unpaired) electrons. The molecule has 0 fully saturated rings. The average molecular weight is 222 g/mol. The van der Waals surface area contributed by atoms with Gasteiger partial charge in [0.1, 0.15) is 5.75 Å². The fourth-order valence-corrected chi connectivity index (χ4v) is 1.59. The molecule has 16 heavy (non-hydrogen) atoms. The van der Waals surface area contributed by atoms with Crippen LogP contribution < -0.4 is 4.74 Å². The lowest BCUT2D eigenvalue weighted by molar-refractivity contribution is 0.231. The van der Waals surface area contributed by atoms with Gasteiger partial charge in [-0.05, 0) is 23.5 Å². The molecule has 0 aliphatic carbocycles. The molecule has 1 aromatic rings. The van der Waals surface area contributed by atoms with Crippen molar-refractivity contribution in [2.45, 2.75) is 33.1 Å². The van der Waals surface area contributed by atoms with Crippen LogP contribution in [-0.4, -0.2) is 18.3 Å². The van der Waals surface area contributed by atoms with Crippen molar-refractivity contribution < 1.29 is 9.84 Å². The monoisotopic (exact) mass is 222 g/mol. The minimum atomic E-state index is 0.182. The van der Waals surface area contributed by atoms with Gasteiger partial charge in [0.05, 0.1) is 6.61 Å². The first-order valence-electron chi connectivity index (χ1n) is 5.99. The summed E-state index contributed by atoms with van der Waals surface area (Å²) in [5.41, 5.74) is 1.26. The summed E-state index contributed by atoms with van der Waals surface area (Å²) >= 11 is 0. The van der Waals surface area contributed by atoms with Gasteiger partial charge in [0.15, 0.2) is 0 Å². The number of para-hydroxylation sites is 1. The Bertz CT molecular complexity index is 307. The summed E-state index contributed by atoms with van der Waals surface area (Å²) in [6.07, 6.45) is 0.685. The predicted molar refractivity (Wildman–Crippen MR) is 66.9 cm³/mol. The van der Waals surface area contributed by atoms with E-state index in [1.165, 1.54) is 5.56 Å². The Labute approximate surface area is 98.3 Å². The molecule has 1 aromatic carbocycles. The second-order valence-corrected chi connectivity index (χ2v) is 4.50. The molecule has 2 nitrogen and oxygen atoms in total. The lowest BCUT2D eigenvalue weighted by Crippen LogP contribution is -2.07. The van der Waals surface area contributed by atoms with Crippen LogP contribution in [0.4, 0.5) is 0 Å². The third-order valence-corrected chi connectivity index (χ3v) is 2.97. The molecule has 0 amide bonds. The van der Waals surface area contributed by atoms with E-state index < -0.39 is 0 Å². The van der Waals surface area contributed by atoms with Gasteiger partial charge in [-0.2, -0.15) is 0 Å². The van der Waals surface area contributed by atoms with Gasteiger partial charge >= 0.3 is 0 Å². The SMILES string of the molecule is CC(C)C(C)c1ccccc1OCCCO. The van der Waals surface area contributed by atoms with Crippen molar-refractivity contribution in [3.05, 3.63) is 29.8 Å². The minimum absolute atomic E-state index is 0.182. The van der Waals surface area contributed by atoms with E-state index in [4.69, 9.17) is 9.84 Å².